The predicted octanol–water partition coefficient (Wildman–Crippen LogP) is 1.88. The second kappa shape index (κ2) is 5.34. The number of methoxy groups -OCH3 is 1. The molecule has 1 aromatic heterocycles. The molecule has 5 nitrogen and oxygen atoms in total. The maximum Gasteiger partial charge on any atom is 0.374 e. The molecule has 88 valence electrons. The lowest BCUT2D eigenvalue weighted by Gasteiger charge is -2.06. The van der Waals surface area contributed by atoms with Gasteiger partial charge in [0.25, 0.3) is 0 Å². The molecule has 0 amide bonds. The molecule has 16 heavy (non-hydrogen) atoms. The number of furan rings is 1. The predicted molar refractivity (Wildman–Crippen MR) is 55.2 cm³/mol. The third-order valence-electron chi connectivity index (χ3n) is 1.80. The van der Waals surface area contributed by atoms with Crippen molar-refractivity contribution >= 4 is 11.9 Å². The van der Waals surface area contributed by atoms with E-state index in [1.54, 1.807) is 0 Å². The molecule has 0 fully saturated rings. The van der Waals surface area contributed by atoms with E-state index in [9.17, 15) is 9.59 Å². The van der Waals surface area contributed by atoms with Gasteiger partial charge in [-0.25, -0.2) is 9.59 Å². The molecule has 1 rings (SSSR count). The number of hydrogen-bond acceptors (Lipinski definition) is 5. The van der Waals surface area contributed by atoms with Crippen LogP contribution in [0.15, 0.2) is 16.7 Å². The van der Waals surface area contributed by atoms with E-state index in [0.29, 0.717) is 6.61 Å². The van der Waals surface area contributed by atoms with Crippen molar-refractivity contribution < 1.29 is 23.5 Å². The van der Waals surface area contributed by atoms with Crippen molar-refractivity contribution in [2.45, 2.75) is 13.8 Å². The minimum atomic E-state index is -0.693. The zero-order valence-electron chi connectivity index (χ0n) is 9.48. The second-order valence-electron chi connectivity index (χ2n) is 3.65. The molecule has 0 saturated carbocycles. The first kappa shape index (κ1) is 12.3. The molecule has 5 heteroatoms. The molecule has 1 heterocycles. The van der Waals surface area contributed by atoms with Crippen LogP contribution < -0.4 is 0 Å². The minimum absolute atomic E-state index is 0.0903. The van der Waals surface area contributed by atoms with Gasteiger partial charge < -0.3 is 13.9 Å². The standard InChI is InChI=1S/C11H14O5/c1-7(2)6-16-10(12)8-4-5-15-9(8)11(13)14-3/h4-5,7H,6H2,1-3H3. The van der Waals surface area contributed by atoms with Crippen LogP contribution in [0.3, 0.4) is 0 Å². The number of hydrogen-bond donors (Lipinski definition) is 0. The van der Waals surface area contributed by atoms with E-state index < -0.39 is 11.9 Å². The fraction of sp³-hybridized carbons (Fsp3) is 0.455. The van der Waals surface area contributed by atoms with Gasteiger partial charge in [-0.1, -0.05) is 13.8 Å². The summed E-state index contributed by atoms with van der Waals surface area (Å²) in [5, 5.41) is 0. The van der Waals surface area contributed by atoms with Crippen molar-refractivity contribution in [2.24, 2.45) is 5.92 Å². The number of carbonyl (C=O) groups is 2. The van der Waals surface area contributed by atoms with Crippen LogP contribution in [-0.4, -0.2) is 25.7 Å². The van der Waals surface area contributed by atoms with Gasteiger partial charge >= 0.3 is 11.9 Å². The molecule has 0 bridgehead atoms. The number of ether oxygens (including phenoxy) is 2. The first-order valence-corrected chi connectivity index (χ1v) is 4.89. The van der Waals surface area contributed by atoms with Gasteiger partial charge in [0.2, 0.25) is 5.76 Å². The molecule has 0 radical (unpaired) electrons. The summed E-state index contributed by atoms with van der Waals surface area (Å²) < 4.78 is 14.3. The Bertz CT molecular complexity index is 377. The summed E-state index contributed by atoms with van der Waals surface area (Å²) in [5.41, 5.74) is 0.0903. The van der Waals surface area contributed by atoms with Crippen molar-refractivity contribution in [3.63, 3.8) is 0 Å². The topological polar surface area (TPSA) is 65.7 Å². The van der Waals surface area contributed by atoms with Crippen LogP contribution in [0.25, 0.3) is 0 Å². The van der Waals surface area contributed by atoms with Gasteiger partial charge in [0, 0.05) is 0 Å². The maximum atomic E-state index is 11.6. The summed E-state index contributed by atoms with van der Waals surface area (Å²) in [5.74, 6) is -1.17. The molecule has 0 aliphatic carbocycles. The third-order valence-corrected chi connectivity index (χ3v) is 1.80. The van der Waals surface area contributed by atoms with Crippen LogP contribution in [0.2, 0.25) is 0 Å². The lowest BCUT2D eigenvalue weighted by atomic mass is 10.2. The van der Waals surface area contributed by atoms with E-state index in [1.165, 1.54) is 19.4 Å². The number of carbonyl (C=O) groups excluding carboxylic acids is 2. The van der Waals surface area contributed by atoms with Gasteiger partial charge in [0.05, 0.1) is 20.0 Å². The average molecular weight is 226 g/mol. The first-order chi connectivity index (χ1) is 7.56. The zero-order chi connectivity index (χ0) is 12.1. The molecule has 0 atom stereocenters. The Kier molecular flexibility index (Phi) is 4.10. The summed E-state index contributed by atoms with van der Waals surface area (Å²) in [6.45, 7) is 4.14. The highest BCUT2D eigenvalue weighted by Crippen LogP contribution is 2.13. The van der Waals surface area contributed by atoms with Gasteiger partial charge in [-0.2, -0.15) is 0 Å². The number of rotatable bonds is 4. The summed E-state index contributed by atoms with van der Waals surface area (Å²) >= 11 is 0. The van der Waals surface area contributed by atoms with E-state index in [-0.39, 0.29) is 17.2 Å². The third kappa shape index (κ3) is 2.85. The maximum absolute atomic E-state index is 11.6. The molecular weight excluding hydrogens is 212 g/mol. The minimum Gasteiger partial charge on any atom is -0.463 e. The normalized spacial score (nSPS) is 10.2. The van der Waals surface area contributed by atoms with Crippen molar-refractivity contribution in [1.29, 1.82) is 0 Å². The monoisotopic (exact) mass is 226 g/mol. The summed E-state index contributed by atoms with van der Waals surface area (Å²) in [6, 6.07) is 1.38. The van der Waals surface area contributed by atoms with Gasteiger partial charge in [-0.3, -0.25) is 0 Å². The van der Waals surface area contributed by atoms with Gasteiger partial charge in [0.1, 0.15) is 5.56 Å². The molecule has 0 aliphatic heterocycles. The molecular formula is C11H14O5. The molecule has 0 saturated heterocycles. The first-order valence-electron chi connectivity index (χ1n) is 4.89. The van der Waals surface area contributed by atoms with Crippen LogP contribution in [0.4, 0.5) is 0 Å². The molecule has 0 aromatic carbocycles. The Hall–Kier alpha value is -1.78. The lowest BCUT2D eigenvalue weighted by molar-refractivity contribution is 0.0437. The van der Waals surface area contributed by atoms with Gasteiger partial charge in [0.15, 0.2) is 0 Å². The molecule has 0 N–H and O–H groups in total. The molecule has 0 spiro atoms. The Morgan fingerprint density at radius 3 is 2.62 bits per heavy atom. The van der Waals surface area contributed by atoms with E-state index in [4.69, 9.17) is 9.15 Å². The number of esters is 2. The molecule has 0 aliphatic rings. The fourth-order valence-corrected chi connectivity index (χ4v) is 1.04. The Morgan fingerprint density at radius 2 is 2.06 bits per heavy atom. The second-order valence-corrected chi connectivity index (χ2v) is 3.65. The molecule has 1 aromatic rings. The van der Waals surface area contributed by atoms with Crippen molar-refractivity contribution in [1.82, 2.24) is 0 Å². The van der Waals surface area contributed by atoms with E-state index in [1.807, 2.05) is 13.8 Å². The lowest BCUT2D eigenvalue weighted by Crippen LogP contribution is -2.13. The van der Waals surface area contributed by atoms with Crippen LogP contribution >= 0.6 is 0 Å². The van der Waals surface area contributed by atoms with Crippen LogP contribution in [-0.2, 0) is 9.47 Å². The SMILES string of the molecule is COC(=O)c1occc1C(=O)OCC(C)C. The van der Waals surface area contributed by atoms with Crippen molar-refractivity contribution in [3.05, 3.63) is 23.7 Å². The van der Waals surface area contributed by atoms with E-state index in [0.717, 1.165) is 0 Å². The Labute approximate surface area is 93.3 Å². The average Bonchev–Trinajstić information content (AvgIpc) is 2.73. The van der Waals surface area contributed by atoms with Crippen LogP contribution in [0.5, 0.6) is 0 Å². The largest absolute Gasteiger partial charge is 0.463 e. The van der Waals surface area contributed by atoms with Crippen molar-refractivity contribution in [2.75, 3.05) is 13.7 Å². The van der Waals surface area contributed by atoms with E-state index >= 15 is 0 Å². The van der Waals surface area contributed by atoms with Crippen molar-refractivity contribution in [3.8, 4) is 0 Å². The van der Waals surface area contributed by atoms with Gasteiger partial charge in [-0.05, 0) is 12.0 Å². The highest BCUT2D eigenvalue weighted by molar-refractivity contribution is 6.01. The highest BCUT2D eigenvalue weighted by atomic mass is 16.5. The van der Waals surface area contributed by atoms with E-state index in [2.05, 4.69) is 4.74 Å². The Morgan fingerprint density at radius 1 is 1.38 bits per heavy atom. The Balaban J connectivity index is 2.76. The highest BCUT2D eigenvalue weighted by Gasteiger charge is 2.22. The summed E-state index contributed by atoms with van der Waals surface area (Å²) in [4.78, 5) is 22.8. The summed E-state index contributed by atoms with van der Waals surface area (Å²) in [6.07, 6.45) is 1.25. The van der Waals surface area contributed by atoms with Gasteiger partial charge in [-0.15, -0.1) is 0 Å². The summed E-state index contributed by atoms with van der Waals surface area (Å²) in [7, 11) is 1.22. The quantitative estimate of drug-likeness (QED) is 0.733. The smallest absolute Gasteiger partial charge is 0.374 e. The molecule has 0 unspecified atom stereocenters. The van der Waals surface area contributed by atoms with Crippen LogP contribution in [0, 0.1) is 5.92 Å². The fourth-order valence-electron chi connectivity index (χ4n) is 1.04. The van der Waals surface area contributed by atoms with Crippen LogP contribution in [0.1, 0.15) is 34.8 Å². The zero-order valence-corrected chi connectivity index (χ0v) is 9.48.